The number of nitrogens with one attached hydrogen (secondary N) is 1. The molecule has 4 rings (SSSR count). The molecular formula is C24H23F2N5O2. The average Bonchev–Trinajstić information content (AvgIpc) is 2.77. The first-order valence-corrected chi connectivity index (χ1v) is 10.6. The van der Waals surface area contributed by atoms with Crippen LogP contribution in [0, 0.1) is 18.3 Å². The van der Waals surface area contributed by atoms with Crippen molar-refractivity contribution in [2.75, 3.05) is 23.3 Å². The fourth-order valence-corrected chi connectivity index (χ4v) is 4.20. The smallest absolute Gasteiger partial charge is 0.337 e. The Balaban J connectivity index is 1.80. The maximum absolute atomic E-state index is 14.1. The second-order valence-electron chi connectivity index (χ2n) is 8.33. The Bertz CT molecular complexity index is 1270. The highest BCUT2D eigenvalue weighted by Crippen LogP contribution is 2.33. The molecule has 9 heteroatoms. The van der Waals surface area contributed by atoms with Gasteiger partial charge in [-0.15, -0.1) is 0 Å². The number of benzene rings is 2. The third-order valence-corrected chi connectivity index (χ3v) is 5.72. The average molecular weight is 451 g/mol. The number of nitriles is 1. The van der Waals surface area contributed by atoms with E-state index in [9.17, 15) is 23.9 Å². The van der Waals surface area contributed by atoms with E-state index in [-0.39, 0.29) is 29.5 Å². The van der Waals surface area contributed by atoms with Crippen LogP contribution in [0.25, 0.3) is 11.0 Å². The van der Waals surface area contributed by atoms with Crippen LogP contribution in [0.1, 0.15) is 53.0 Å². The zero-order chi connectivity index (χ0) is 23.8. The molecule has 1 aromatic heterocycles. The van der Waals surface area contributed by atoms with Gasteiger partial charge in [0.1, 0.15) is 6.07 Å². The van der Waals surface area contributed by atoms with Crippen LogP contribution in [-0.2, 0) is 0 Å². The lowest BCUT2D eigenvalue weighted by atomic mass is 10.0. The molecule has 0 spiro atoms. The van der Waals surface area contributed by atoms with Crippen molar-refractivity contribution in [2.45, 2.75) is 38.7 Å². The fraction of sp³-hybridized carbons (Fsp3) is 0.333. The monoisotopic (exact) mass is 451 g/mol. The molecule has 0 amide bonds. The molecule has 0 bridgehead atoms. The highest BCUT2D eigenvalue weighted by Gasteiger charge is 2.37. The number of para-hydroxylation sites is 1. The summed E-state index contributed by atoms with van der Waals surface area (Å²) in [5.41, 5.74) is 3.17. The molecule has 2 aromatic carbocycles. The molecular weight excluding hydrogens is 428 g/mol. The molecule has 33 heavy (non-hydrogen) atoms. The molecule has 1 aliphatic rings. The van der Waals surface area contributed by atoms with E-state index in [1.54, 1.807) is 24.3 Å². The van der Waals surface area contributed by atoms with Gasteiger partial charge in [-0.3, -0.25) is 0 Å². The standard InChI is InChI=1S/C24H23F2N5O2/c1-14-10-17(15(2)28-18-7-4-3-6-16(18)23(32)33)21-19(11-14)29-20(12-27)22(30-21)31-9-5-8-24(25,26)13-31/h3-4,6-7,10-11,15,28H,5,8-9,13H2,1-2H3,(H,32,33)/t15-/m1/s1. The van der Waals surface area contributed by atoms with E-state index < -0.39 is 18.4 Å². The lowest BCUT2D eigenvalue weighted by Gasteiger charge is -2.33. The molecule has 2 heterocycles. The SMILES string of the molecule is Cc1cc([C@@H](C)Nc2ccccc2C(=O)O)c2nc(N3CCCC(F)(F)C3)c(C#N)nc2c1. The van der Waals surface area contributed by atoms with Crippen LogP contribution in [0.15, 0.2) is 36.4 Å². The molecule has 2 N–H and O–H groups in total. The molecule has 0 unspecified atom stereocenters. The number of anilines is 2. The summed E-state index contributed by atoms with van der Waals surface area (Å²) in [7, 11) is 0. The van der Waals surface area contributed by atoms with Crippen LogP contribution in [-0.4, -0.2) is 40.1 Å². The largest absolute Gasteiger partial charge is 0.478 e. The summed E-state index contributed by atoms with van der Waals surface area (Å²) in [6, 6.07) is 11.9. The van der Waals surface area contributed by atoms with Gasteiger partial charge in [0, 0.05) is 24.2 Å². The summed E-state index contributed by atoms with van der Waals surface area (Å²) in [6.45, 7) is 3.60. The second-order valence-corrected chi connectivity index (χ2v) is 8.33. The molecule has 0 aliphatic carbocycles. The summed E-state index contributed by atoms with van der Waals surface area (Å²) in [5.74, 6) is -3.76. The van der Waals surface area contributed by atoms with Crippen LogP contribution >= 0.6 is 0 Å². The van der Waals surface area contributed by atoms with Crippen LogP contribution < -0.4 is 10.2 Å². The maximum atomic E-state index is 14.1. The number of halogens is 2. The number of hydrogen-bond acceptors (Lipinski definition) is 6. The van der Waals surface area contributed by atoms with Gasteiger partial charge in [0.25, 0.3) is 5.92 Å². The molecule has 0 saturated carbocycles. The summed E-state index contributed by atoms with van der Waals surface area (Å²) in [5, 5.41) is 22.3. The molecule has 0 radical (unpaired) electrons. The van der Waals surface area contributed by atoms with E-state index in [1.807, 2.05) is 26.0 Å². The number of rotatable bonds is 5. The highest BCUT2D eigenvalue weighted by molar-refractivity contribution is 5.94. The first-order valence-electron chi connectivity index (χ1n) is 10.6. The Hall–Kier alpha value is -3.80. The maximum Gasteiger partial charge on any atom is 0.337 e. The number of carboxylic acids is 1. The molecule has 1 fully saturated rings. The van der Waals surface area contributed by atoms with E-state index in [0.29, 0.717) is 29.7 Å². The predicted octanol–water partition coefficient (Wildman–Crippen LogP) is 4.92. The van der Waals surface area contributed by atoms with Crippen molar-refractivity contribution in [1.29, 1.82) is 5.26 Å². The molecule has 1 atom stereocenters. The number of aryl methyl sites for hydroxylation is 1. The highest BCUT2D eigenvalue weighted by atomic mass is 19.3. The first-order chi connectivity index (χ1) is 15.7. The molecule has 170 valence electrons. The van der Waals surface area contributed by atoms with Crippen molar-refractivity contribution in [3.8, 4) is 6.07 Å². The number of nitrogens with zero attached hydrogens (tertiary/aromatic N) is 4. The fourth-order valence-electron chi connectivity index (χ4n) is 4.20. The van der Waals surface area contributed by atoms with Gasteiger partial charge in [-0.05, 0) is 44.0 Å². The number of piperidine rings is 1. The van der Waals surface area contributed by atoms with Crippen molar-refractivity contribution >= 4 is 28.5 Å². The summed E-state index contributed by atoms with van der Waals surface area (Å²) >= 11 is 0. The van der Waals surface area contributed by atoms with Crippen molar-refractivity contribution in [2.24, 2.45) is 0 Å². The van der Waals surface area contributed by atoms with Gasteiger partial charge in [0.05, 0.1) is 29.2 Å². The number of carbonyl (C=O) groups is 1. The molecule has 1 saturated heterocycles. The number of aromatic carboxylic acids is 1. The van der Waals surface area contributed by atoms with Crippen LogP contribution in [0.3, 0.4) is 0 Å². The van der Waals surface area contributed by atoms with E-state index in [2.05, 4.69) is 15.3 Å². The Kier molecular flexibility index (Phi) is 5.85. The lowest BCUT2D eigenvalue weighted by molar-refractivity contribution is -0.0118. The Labute approximate surface area is 189 Å². The van der Waals surface area contributed by atoms with Crippen LogP contribution in [0.2, 0.25) is 0 Å². The second kappa shape index (κ2) is 8.62. The molecule has 7 nitrogen and oxygen atoms in total. The Morgan fingerprint density at radius 1 is 1.30 bits per heavy atom. The first kappa shape index (κ1) is 22.4. The molecule has 1 aliphatic heterocycles. The van der Waals surface area contributed by atoms with Gasteiger partial charge in [-0.25, -0.2) is 23.5 Å². The van der Waals surface area contributed by atoms with E-state index in [0.717, 1.165) is 11.1 Å². The number of carboxylic acid groups (broad SMARTS) is 1. The van der Waals surface area contributed by atoms with Crippen LogP contribution in [0.4, 0.5) is 20.3 Å². The minimum atomic E-state index is -2.85. The van der Waals surface area contributed by atoms with Gasteiger partial charge in [0.2, 0.25) is 0 Å². The summed E-state index contributed by atoms with van der Waals surface area (Å²) in [4.78, 5) is 22.1. The Morgan fingerprint density at radius 3 is 2.76 bits per heavy atom. The van der Waals surface area contributed by atoms with Gasteiger partial charge in [-0.2, -0.15) is 5.26 Å². The van der Waals surface area contributed by atoms with Crippen molar-refractivity contribution in [3.05, 3.63) is 58.8 Å². The van der Waals surface area contributed by atoms with Gasteiger partial charge in [0.15, 0.2) is 11.5 Å². The number of fused-ring (bicyclic) bond motifs is 1. The topological polar surface area (TPSA) is 102 Å². The summed E-state index contributed by atoms with van der Waals surface area (Å²) < 4.78 is 28.1. The quantitative estimate of drug-likeness (QED) is 0.568. The number of hydrogen-bond donors (Lipinski definition) is 2. The van der Waals surface area contributed by atoms with Crippen LogP contribution in [0.5, 0.6) is 0 Å². The third kappa shape index (κ3) is 4.55. The van der Waals surface area contributed by atoms with Gasteiger partial charge >= 0.3 is 5.97 Å². The minimum absolute atomic E-state index is 0.00795. The van der Waals surface area contributed by atoms with E-state index in [4.69, 9.17) is 0 Å². The van der Waals surface area contributed by atoms with Gasteiger partial charge in [-0.1, -0.05) is 18.2 Å². The van der Waals surface area contributed by atoms with Crippen molar-refractivity contribution in [1.82, 2.24) is 9.97 Å². The van der Waals surface area contributed by atoms with E-state index >= 15 is 0 Å². The molecule has 3 aromatic rings. The number of alkyl halides is 2. The zero-order valence-corrected chi connectivity index (χ0v) is 18.3. The van der Waals surface area contributed by atoms with E-state index in [1.165, 1.54) is 11.0 Å². The normalized spacial score (nSPS) is 16.3. The van der Waals surface area contributed by atoms with Crippen molar-refractivity contribution < 1.29 is 18.7 Å². The minimum Gasteiger partial charge on any atom is -0.478 e. The summed E-state index contributed by atoms with van der Waals surface area (Å²) in [6.07, 6.45) is 0.100. The Morgan fingerprint density at radius 2 is 2.06 bits per heavy atom. The predicted molar refractivity (Wildman–Crippen MR) is 121 cm³/mol. The zero-order valence-electron chi connectivity index (χ0n) is 18.3. The third-order valence-electron chi connectivity index (χ3n) is 5.72. The van der Waals surface area contributed by atoms with Crippen molar-refractivity contribution in [3.63, 3.8) is 0 Å². The lowest BCUT2D eigenvalue weighted by Crippen LogP contribution is -2.43. The van der Waals surface area contributed by atoms with Gasteiger partial charge < -0.3 is 15.3 Å². The number of aromatic nitrogens is 2.